The van der Waals surface area contributed by atoms with Crippen LogP contribution in [0.3, 0.4) is 0 Å². The van der Waals surface area contributed by atoms with E-state index in [0.29, 0.717) is 16.7 Å². The van der Waals surface area contributed by atoms with Gasteiger partial charge in [-0.1, -0.05) is 11.8 Å². The van der Waals surface area contributed by atoms with E-state index in [1.165, 1.54) is 24.2 Å². The molecular formula is C12H17NO3S2. The molecule has 18 heavy (non-hydrogen) atoms. The van der Waals surface area contributed by atoms with Crippen LogP contribution in [0.15, 0.2) is 4.34 Å². The second-order valence-electron chi connectivity index (χ2n) is 4.33. The number of aryl methyl sites for hydroxylation is 1. The minimum absolute atomic E-state index is 0.358. The lowest BCUT2D eigenvalue weighted by atomic mass is 10.1. The Bertz CT molecular complexity index is 413. The number of thioether (sulfide) groups is 1. The first kappa shape index (κ1) is 13.8. The normalized spacial score (nSPS) is 19.3. The van der Waals surface area contributed by atoms with Gasteiger partial charge in [-0.25, -0.2) is 9.78 Å². The van der Waals surface area contributed by atoms with Crippen molar-refractivity contribution in [1.29, 1.82) is 0 Å². The van der Waals surface area contributed by atoms with E-state index >= 15 is 0 Å². The van der Waals surface area contributed by atoms with Crippen LogP contribution in [0.2, 0.25) is 0 Å². The summed E-state index contributed by atoms with van der Waals surface area (Å²) < 4.78 is 6.42. The fraction of sp³-hybridized carbons (Fsp3) is 0.667. The van der Waals surface area contributed by atoms with E-state index in [0.717, 1.165) is 29.5 Å². The first-order chi connectivity index (χ1) is 8.66. The van der Waals surface area contributed by atoms with Crippen molar-refractivity contribution >= 4 is 29.1 Å². The third kappa shape index (κ3) is 3.70. The standard InChI is InChI=1S/C12H17NO3S2/c1-8-10(11(14)15)18-12(13-8)17-7-3-5-9-4-2-6-16-9/h9H,2-7H2,1H3,(H,14,15). The second-order valence-corrected chi connectivity index (χ2v) is 6.67. The summed E-state index contributed by atoms with van der Waals surface area (Å²) >= 11 is 2.92. The van der Waals surface area contributed by atoms with Crippen LogP contribution in [0.25, 0.3) is 0 Å². The van der Waals surface area contributed by atoms with E-state index < -0.39 is 5.97 Å². The Hall–Kier alpha value is -0.590. The number of carbonyl (C=O) groups is 1. The number of rotatable bonds is 6. The van der Waals surface area contributed by atoms with Crippen molar-refractivity contribution in [2.45, 2.75) is 43.1 Å². The van der Waals surface area contributed by atoms with Crippen molar-refractivity contribution in [2.75, 3.05) is 12.4 Å². The highest BCUT2D eigenvalue weighted by atomic mass is 32.2. The Morgan fingerprint density at radius 3 is 3.11 bits per heavy atom. The van der Waals surface area contributed by atoms with Gasteiger partial charge in [-0.2, -0.15) is 0 Å². The van der Waals surface area contributed by atoms with Gasteiger partial charge in [0.15, 0.2) is 4.34 Å². The second kappa shape index (κ2) is 6.54. The van der Waals surface area contributed by atoms with Crippen LogP contribution in [0.5, 0.6) is 0 Å². The maximum absolute atomic E-state index is 10.9. The molecule has 2 rings (SSSR count). The topological polar surface area (TPSA) is 59.4 Å². The molecule has 6 heteroatoms. The van der Waals surface area contributed by atoms with Crippen molar-refractivity contribution in [3.05, 3.63) is 10.6 Å². The molecular weight excluding hydrogens is 270 g/mol. The van der Waals surface area contributed by atoms with Gasteiger partial charge in [0, 0.05) is 12.4 Å². The van der Waals surface area contributed by atoms with Gasteiger partial charge in [0.05, 0.1) is 11.8 Å². The summed E-state index contributed by atoms with van der Waals surface area (Å²) in [7, 11) is 0. The molecule has 1 saturated heterocycles. The molecule has 2 heterocycles. The molecule has 1 N–H and O–H groups in total. The van der Waals surface area contributed by atoms with E-state index in [1.54, 1.807) is 18.7 Å². The third-order valence-electron chi connectivity index (χ3n) is 2.89. The summed E-state index contributed by atoms with van der Waals surface area (Å²) in [6.07, 6.45) is 5.01. The summed E-state index contributed by atoms with van der Waals surface area (Å²) in [6.45, 7) is 2.65. The van der Waals surface area contributed by atoms with Crippen LogP contribution in [0.4, 0.5) is 0 Å². The highest BCUT2D eigenvalue weighted by Crippen LogP contribution is 2.28. The number of aromatic nitrogens is 1. The summed E-state index contributed by atoms with van der Waals surface area (Å²) in [6, 6.07) is 0. The fourth-order valence-electron chi connectivity index (χ4n) is 1.97. The first-order valence-electron chi connectivity index (χ1n) is 6.12. The number of aromatic carboxylic acids is 1. The molecule has 0 amide bonds. The molecule has 1 aromatic heterocycles. The average Bonchev–Trinajstić information content (AvgIpc) is 2.94. The summed E-state index contributed by atoms with van der Waals surface area (Å²) in [4.78, 5) is 15.5. The van der Waals surface area contributed by atoms with Crippen LogP contribution in [-0.4, -0.2) is 34.5 Å². The van der Waals surface area contributed by atoms with Crippen molar-refractivity contribution in [2.24, 2.45) is 0 Å². The molecule has 0 radical (unpaired) electrons. The highest BCUT2D eigenvalue weighted by molar-refractivity contribution is 8.01. The van der Waals surface area contributed by atoms with Gasteiger partial charge in [0.25, 0.3) is 0 Å². The quantitative estimate of drug-likeness (QED) is 0.643. The molecule has 1 atom stereocenters. The van der Waals surface area contributed by atoms with Crippen molar-refractivity contribution in [3.63, 3.8) is 0 Å². The molecule has 1 unspecified atom stereocenters. The zero-order valence-corrected chi connectivity index (χ0v) is 12.0. The molecule has 0 spiro atoms. The first-order valence-corrected chi connectivity index (χ1v) is 7.92. The zero-order chi connectivity index (χ0) is 13.0. The number of thiazole rings is 1. The molecule has 1 aliphatic rings. The monoisotopic (exact) mass is 287 g/mol. The number of carboxylic acids is 1. The number of hydrogen-bond acceptors (Lipinski definition) is 5. The Kier molecular flexibility index (Phi) is 5.03. The van der Waals surface area contributed by atoms with Crippen LogP contribution in [0.1, 0.15) is 41.0 Å². The summed E-state index contributed by atoms with van der Waals surface area (Å²) in [5, 5.41) is 8.94. The zero-order valence-electron chi connectivity index (χ0n) is 10.3. The largest absolute Gasteiger partial charge is 0.477 e. The Balaban J connectivity index is 1.72. The number of carboxylic acid groups (broad SMARTS) is 1. The van der Waals surface area contributed by atoms with Gasteiger partial charge in [-0.05, 0) is 32.6 Å². The molecule has 1 fully saturated rings. The molecule has 0 saturated carbocycles. The molecule has 0 aliphatic carbocycles. The maximum atomic E-state index is 10.9. The van der Waals surface area contributed by atoms with E-state index in [9.17, 15) is 4.79 Å². The van der Waals surface area contributed by atoms with Crippen LogP contribution < -0.4 is 0 Å². The summed E-state index contributed by atoms with van der Waals surface area (Å²) in [5.41, 5.74) is 0.620. The molecule has 1 aromatic rings. The van der Waals surface area contributed by atoms with Crippen molar-refractivity contribution in [1.82, 2.24) is 4.98 Å². The number of ether oxygens (including phenoxy) is 1. The van der Waals surface area contributed by atoms with Crippen LogP contribution in [-0.2, 0) is 4.74 Å². The average molecular weight is 287 g/mol. The molecule has 0 aromatic carbocycles. The lowest BCUT2D eigenvalue weighted by Crippen LogP contribution is -2.04. The highest BCUT2D eigenvalue weighted by Gasteiger charge is 2.16. The predicted molar refractivity (Wildman–Crippen MR) is 72.7 cm³/mol. The lowest BCUT2D eigenvalue weighted by molar-refractivity contribution is 0.0701. The van der Waals surface area contributed by atoms with Gasteiger partial charge in [-0.3, -0.25) is 0 Å². The fourth-order valence-corrected chi connectivity index (χ4v) is 4.03. The van der Waals surface area contributed by atoms with Gasteiger partial charge < -0.3 is 9.84 Å². The van der Waals surface area contributed by atoms with Gasteiger partial charge >= 0.3 is 5.97 Å². The van der Waals surface area contributed by atoms with Crippen LogP contribution >= 0.6 is 23.1 Å². The van der Waals surface area contributed by atoms with Gasteiger partial charge in [0.2, 0.25) is 0 Å². The minimum atomic E-state index is -0.879. The van der Waals surface area contributed by atoms with Crippen LogP contribution in [0, 0.1) is 6.92 Å². The SMILES string of the molecule is Cc1nc(SCCCC2CCCO2)sc1C(=O)O. The van der Waals surface area contributed by atoms with Crippen molar-refractivity contribution < 1.29 is 14.6 Å². The molecule has 0 bridgehead atoms. The van der Waals surface area contributed by atoms with Crippen molar-refractivity contribution in [3.8, 4) is 0 Å². The Morgan fingerprint density at radius 2 is 2.50 bits per heavy atom. The number of hydrogen-bond donors (Lipinski definition) is 1. The van der Waals surface area contributed by atoms with E-state index in [2.05, 4.69) is 4.98 Å². The predicted octanol–water partition coefficient (Wildman–Crippen LogP) is 3.20. The maximum Gasteiger partial charge on any atom is 0.347 e. The van der Waals surface area contributed by atoms with E-state index in [-0.39, 0.29) is 0 Å². The minimum Gasteiger partial charge on any atom is -0.477 e. The molecule has 4 nitrogen and oxygen atoms in total. The van der Waals surface area contributed by atoms with Gasteiger partial charge in [0.1, 0.15) is 4.88 Å². The van der Waals surface area contributed by atoms with E-state index in [4.69, 9.17) is 9.84 Å². The smallest absolute Gasteiger partial charge is 0.347 e. The molecule has 1 aliphatic heterocycles. The third-order valence-corrected chi connectivity index (χ3v) is 5.27. The molecule has 100 valence electrons. The lowest BCUT2D eigenvalue weighted by Gasteiger charge is -2.07. The summed E-state index contributed by atoms with van der Waals surface area (Å²) in [5.74, 6) is 0.0995. The Morgan fingerprint density at radius 1 is 1.67 bits per heavy atom. The number of nitrogens with zero attached hydrogens (tertiary/aromatic N) is 1. The van der Waals surface area contributed by atoms with Gasteiger partial charge in [-0.15, -0.1) is 11.3 Å². The van der Waals surface area contributed by atoms with E-state index in [1.807, 2.05) is 0 Å². The Labute approximate surface area is 115 Å².